The summed E-state index contributed by atoms with van der Waals surface area (Å²) in [5, 5.41) is 0. The second kappa shape index (κ2) is 11.3. The Labute approximate surface area is 200 Å². The maximum absolute atomic E-state index is 4.58. The van der Waals surface area contributed by atoms with Crippen LogP contribution in [0.2, 0.25) is 0 Å². The Morgan fingerprint density at radius 2 is 1.55 bits per heavy atom. The monoisotopic (exact) mass is 593 g/mol. The number of nitrogens with zero attached hydrogens (tertiary/aromatic N) is 4. The number of imidazole rings is 1. The van der Waals surface area contributed by atoms with Gasteiger partial charge in [0, 0.05) is 18.0 Å². The number of amidine groups is 1. The summed E-state index contributed by atoms with van der Waals surface area (Å²) in [5.41, 5.74) is 5.51. The van der Waals surface area contributed by atoms with Gasteiger partial charge in [0.2, 0.25) is 0 Å². The molecule has 0 saturated carbocycles. The number of rotatable bonds is 4. The van der Waals surface area contributed by atoms with Crippen molar-refractivity contribution in [3.63, 3.8) is 0 Å². The zero-order valence-corrected chi connectivity index (χ0v) is 21.3. The maximum atomic E-state index is 4.58. The summed E-state index contributed by atoms with van der Waals surface area (Å²) in [6.45, 7) is 12.8. The Hall–Kier alpha value is -2.32. The Kier molecular flexibility index (Phi) is 9.12. The van der Waals surface area contributed by atoms with Crippen molar-refractivity contribution in [1.29, 1.82) is 0 Å². The van der Waals surface area contributed by atoms with Gasteiger partial charge in [0.25, 0.3) is 0 Å². The van der Waals surface area contributed by atoms with Crippen LogP contribution < -0.4 is 0 Å². The molecule has 0 radical (unpaired) electrons. The van der Waals surface area contributed by atoms with Crippen molar-refractivity contribution in [3.05, 3.63) is 77.7 Å². The van der Waals surface area contributed by atoms with E-state index in [0.29, 0.717) is 12.0 Å². The molecule has 1 aromatic heterocycles. The minimum atomic E-state index is 0. The Balaban J connectivity index is 0.000000213. The zero-order chi connectivity index (χ0) is 21.7. The van der Waals surface area contributed by atoms with Crippen LogP contribution in [0.1, 0.15) is 50.4 Å². The van der Waals surface area contributed by atoms with Crippen molar-refractivity contribution in [2.75, 3.05) is 0 Å². The van der Waals surface area contributed by atoms with Gasteiger partial charge in [-0.2, -0.15) is 0 Å². The number of hydrogen-bond acceptors (Lipinski definition) is 3. The molecule has 4 nitrogen and oxygen atoms in total. The molecule has 1 aliphatic rings. The number of aromatic nitrogens is 2. The molecule has 1 atom stereocenters. The molecule has 0 bridgehead atoms. The van der Waals surface area contributed by atoms with E-state index in [1.165, 1.54) is 11.1 Å². The van der Waals surface area contributed by atoms with E-state index >= 15 is 0 Å². The fourth-order valence-electron chi connectivity index (χ4n) is 3.11. The predicted octanol–water partition coefficient (Wildman–Crippen LogP) is 5.89. The SMILES string of the molecule is Cc1ccc[c-]c1-c1cn(C(C)C)cn1.Cc1ccc[c-]c1C1=NC(C(C)C)C=N1.[Pt+2]. The molecule has 164 valence electrons. The fourth-order valence-corrected chi connectivity index (χ4v) is 3.11. The summed E-state index contributed by atoms with van der Waals surface area (Å²) in [6.07, 6.45) is 5.88. The standard InChI is InChI=1S/2C13H15N2.Pt/c1-10(2)15-8-13(14-9-15)12-7-5-4-6-11(12)3;1-9(2)12-8-14-13(15-12)11-7-5-4-6-10(11)3;/h4-6,8-10H,1-3H3;4-6,8-9,12H,1-3H3;/q2*-1;+2. The van der Waals surface area contributed by atoms with Crippen molar-refractivity contribution < 1.29 is 21.1 Å². The molecule has 1 aliphatic heterocycles. The average molecular weight is 594 g/mol. The zero-order valence-electron chi connectivity index (χ0n) is 19.0. The van der Waals surface area contributed by atoms with E-state index in [-0.39, 0.29) is 27.1 Å². The van der Waals surface area contributed by atoms with Gasteiger partial charge in [0.15, 0.2) is 0 Å². The molecule has 0 saturated heterocycles. The predicted molar refractivity (Wildman–Crippen MR) is 125 cm³/mol. The van der Waals surface area contributed by atoms with Gasteiger partial charge in [-0.1, -0.05) is 27.7 Å². The summed E-state index contributed by atoms with van der Waals surface area (Å²) < 4.78 is 2.11. The van der Waals surface area contributed by atoms with E-state index in [1.807, 2.05) is 36.8 Å². The quantitative estimate of drug-likeness (QED) is 0.348. The van der Waals surface area contributed by atoms with E-state index in [1.54, 1.807) is 0 Å². The summed E-state index contributed by atoms with van der Waals surface area (Å²) in [7, 11) is 0. The minimum Gasteiger partial charge on any atom is -0.344 e. The molecule has 0 fully saturated rings. The molecule has 2 heterocycles. The van der Waals surface area contributed by atoms with Crippen LogP contribution in [0.3, 0.4) is 0 Å². The van der Waals surface area contributed by atoms with Gasteiger partial charge >= 0.3 is 21.1 Å². The van der Waals surface area contributed by atoms with Crippen molar-refractivity contribution >= 4 is 12.1 Å². The topological polar surface area (TPSA) is 42.5 Å². The number of aryl methyl sites for hydroxylation is 2. The number of hydrogen-bond donors (Lipinski definition) is 0. The first kappa shape index (κ1) is 24.9. The molecule has 31 heavy (non-hydrogen) atoms. The maximum Gasteiger partial charge on any atom is 2.00 e. The Morgan fingerprint density at radius 1 is 0.935 bits per heavy atom. The molecule has 0 amide bonds. The molecule has 0 aliphatic carbocycles. The Morgan fingerprint density at radius 3 is 2.03 bits per heavy atom. The van der Waals surface area contributed by atoms with Gasteiger partial charge in [-0.25, -0.2) is 0 Å². The molecule has 1 unspecified atom stereocenters. The normalized spacial score (nSPS) is 14.8. The van der Waals surface area contributed by atoms with Crippen LogP contribution in [0.15, 0.2) is 58.9 Å². The van der Waals surface area contributed by atoms with Crippen LogP contribution in [-0.4, -0.2) is 27.6 Å². The van der Waals surface area contributed by atoms with Crippen LogP contribution in [0, 0.1) is 31.9 Å². The third kappa shape index (κ3) is 6.33. The third-order valence-corrected chi connectivity index (χ3v) is 5.11. The molecular formula is C26H30N4Pt. The molecule has 2 aromatic carbocycles. The second-order valence-corrected chi connectivity index (χ2v) is 8.22. The van der Waals surface area contributed by atoms with Crippen molar-refractivity contribution in [2.24, 2.45) is 15.9 Å². The molecule has 5 heteroatoms. The number of benzene rings is 2. The van der Waals surface area contributed by atoms with Gasteiger partial charge in [-0.3, -0.25) is 9.98 Å². The van der Waals surface area contributed by atoms with E-state index < -0.39 is 0 Å². The van der Waals surface area contributed by atoms with Gasteiger partial charge in [0.05, 0.1) is 18.2 Å². The van der Waals surface area contributed by atoms with Crippen molar-refractivity contribution in [2.45, 2.75) is 53.6 Å². The summed E-state index contributed by atoms with van der Waals surface area (Å²) in [6, 6.07) is 19.1. The second-order valence-electron chi connectivity index (χ2n) is 8.22. The first-order valence-corrected chi connectivity index (χ1v) is 10.5. The molecule has 0 spiro atoms. The van der Waals surface area contributed by atoms with Crippen molar-refractivity contribution in [1.82, 2.24) is 9.55 Å². The first-order valence-electron chi connectivity index (χ1n) is 10.5. The molecular weight excluding hydrogens is 563 g/mol. The average Bonchev–Trinajstić information content (AvgIpc) is 3.39. The summed E-state index contributed by atoms with van der Waals surface area (Å²) >= 11 is 0. The molecule has 3 aromatic rings. The fraction of sp³-hybridized carbons (Fsp3) is 0.346. The van der Waals surface area contributed by atoms with Gasteiger partial charge in [-0.15, -0.1) is 70.8 Å². The molecule has 0 N–H and O–H groups in total. The van der Waals surface area contributed by atoms with Crippen molar-refractivity contribution in [3.8, 4) is 11.3 Å². The van der Waals surface area contributed by atoms with Crippen LogP contribution in [0.4, 0.5) is 0 Å². The van der Waals surface area contributed by atoms with E-state index in [4.69, 9.17) is 0 Å². The van der Waals surface area contributed by atoms with Crippen LogP contribution in [-0.2, 0) is 21.1 Å². The van der Waals surface area contributed by atoms with E-state index in [0.717, 1.165) is 22.7 Å². The van der Waals surface area contributed by atoms with Gasteiger partial charge in [0.1, 0.15) is 0 Å². The van der Waals surface area contributed by atoms with E-state index in [9.17, 15) is 0 Å². The summed E-state index contributed by atoms with van der Waals surface area (Å²) in [5.74, 6) is 1.34. The van der Waals surface area contributed by atoms with Crippen LogP contribution >= 0.6 is 0 Å². The third-order valence-electron chi connectivity index (χ3n) is 5.11. The Bertz CT molecular complexity index is 1050. The van der Waals surface area contributed by atoms with Gasteiger partial charge < -0.3 is 9.56 Å². The first-order chi connectivity index (χ1) is 14.4. The van der Waals surface area contributed by atoms with Crippen LogP contribution in [0.5, 0.6) is 0 Å². The number of aliphatic imine (C=N–C) groups is 2. The smallest absolute Gasteiger partial charge is 0.344 e. The van der Waals surface area contributed by atoms with Gasteiger partial charge in [-0.05, 0) is 26.0 Å². The minimum absolute atomic E-state index is 0. The van der Waals surface area contributed by atoms with Crippen LogP contribution in [0.25, 0.3) is 11.3 Å². The molecule has 4 rings (SSSR count). The largest absolute Gasteiger partial charge is 2.00 e. The summed E-state index contributed by atoms with van der Waals surface area (Å²) in [4.78, 5) is 13.3. The van der Waals surface area contributed by atoms with E-state index in [2.05, 4.69) is 91.5 Å².